The topological polar surface area (TPSA) is 38.3 Å². The number of hydrogen-bond acceptors (Lipinski definition) is 4. The van der Waals surface area contributed by atoms with Crippen molar-refractivity contribution in [2.24, 2.45) is 0 Å². The van der Waals surface area contributed by atoms with Gasteiger partial charge in [0.05, 0.1) is 10.6 Å². The standard InChI is InChI=1S/C19H14ClF2NO2S2/c20-15-10-12(7-8-16(15)25-19(21)22)23-18(24)14-5-1-2-6-17(14)27-11-13-4-3-9-26-13/h1-10,19H,11H2,(H,23,24). The van der Waals surface area contributed by atoms with Gasteiger partial charge in [0.2, 0.25) is 0 Å². The van der Waals surface area contributed by atoms with E-state index in [0.29, 0.717) is 11.3 Å². The van der Waals surface area contributed by atoms with Crippen molar-refractivity contribution in [1.29, 1.82) is 0 Å². The highest BCUT2D eigenvalue weighted by atomic mass is 35.5. The van der Waals surface area contributed by atoms with Crippen molar-refractivity contribution in [3.63, 3.8) is 0 Å². The number of benzene rings is 2. The van der Waals surface area contributed by atoms with Crippen LogP contribution < -0.4 is 10.1 Å². The summed E-state index contributed by atoms with van der Waals surface area (Å²) in [7, 11) is 0. The number of ether oxygens (including phenoxy) is 1. The third-order valence-electron chi connectivity index (χ3n) is 3.49. The minimum absolute atomic E-state index is 0.00606. The van der Waals surface area contributed by atoms with Gasteiger partial charge >= 0.3 is 6.61 Å². The van der Waals surface area contributed by atoms with Gasteiger partial charge in [-0.1, -0.05) is 29.8 Å². The van der Waals surface area contributed by atoms with Gasteiger partial charge in [-0.25, -0.2) is 0 Å². The average molecular weight is 426 g/mol. The molecule has 0 aliphatic rings. The number of anilines is 1. The fourth-order valence-corrected chi connectivity index (χ4v) is 4.34. The molecule has 0 radical (unpaired) electrons. The summed E-state index contributed by atoms with van der Waals surface area (Å²) in [5.74, 6) is 0.326. The molecule has 0 atom stereocenters. The maximum atomic E-state index is 12.7. The summed E-state index contributed by atoms with van der Waals surface area (Å²) in [6.45, 7) is -2.96. The molecule has 1 aromatic heterocycles. The van der Waals surface area contributed by atoms with E-state index in [-0.39, 0.29) is 16.7 Å². The number of hydrogen-bond donors (Lipinski definition) is 1. The van der Waals surface area contributed by atoms with Crippen molar-refractivity contribution in [3.8, 4) is 5.75 Å². The summed E-state index contributed by atoms with van der Waals surface area (Å²) in [5.41, 5.74) is 0.924. The Morgan fingerprint density at radius 3 is 2.70 bits per heavy atom. The van der Waals surface area contributed by atoms with E-state index >= 15 is 0 Å². The van der Waals surface area contributed by atoms with Gasteiger partial charge in [0, 0.05) is 21.2 Å². The average Bonchev–Trinajstić information content (AvgIpc) is 3.16. The van der Waals surface area contributed by atoms with Gasteiger partial charge < -0.3 is 10.1 Å². The number of thiophene rings is 1. The second kappa shape index (κ2) is 9.21. The molecule has 0 saturated carbocycles. The van der Waals surface area contributed by atoms with Crippen LogP contribution in [0.25, 0.3) is 0 Å². The van der Waals surface area contributed by atoms with E-state index in [1.54, 1.807) is 35.2 Å². The van der Waals surface area contributed by atoms with Gasteiger partial charge in [-0.3, -0.25) is 4.79 Å². The van der Waals surface area contributed by atoms with Gasteiger partial charge in [0.25, 0.3) is 5.91 Å². The smallest absolute Gasteiger partial charge is 0.387 e. The maximum Gasteiger partial charge on any atom is 0.387 e. The number of thioether (sulfide) groups is 1. The molecule has 1 N–H and O–H groups in total. The third-order valence-corrected chi connectivity index (χ3v) is 5.96. The highest BCUT2D eigenvalue weighted by Gasteiger charge is 2.14. The van der Waals surface area contributed by atoms with Gasteiger partial charge in [0.15, 0.2) is 0 Å². The molecule has 0 unspecified atom stereocenters. The molecule has 2 aromatic carbocycles. The molecule has 1 amide bonds. The van der Waals surface area contributed by atoms with Crippen molar-refractivity contribution in [2.45, 2.75) is 17.3 Å². The Hall–Kier alpha value is -2.09. The molecule has 0 fully saturated rings. The molecular formula is C19H14ClF2NO2S2. The molecule has 3 nitrogen and oxygen atoms in total. The van der Waals surface area contributed by atoms with Gasteiger partial charge in [-0.05, 0) is 41.8 Å². The van der Waals surface area contributed by atoms with Gasteiger partial charge in [-0.15, -0.1) is 23.1 Å². The van der Waals surface area contributed by atoms with Gasteiger partial charge in [0.1, 0.15) is 5.75 Å². The maximum absolute atomic E-state index is 12.7. The molecule has 3 rings (SSSR count). The zero-order valence-electron chi connectivity index (χ0n) is 13.8. The van der Waals surface area contributed by atoms with E-state index in [4.69, 9.17) is 11.6 Å². The molecule has 0 spiro atoms. The first-order valence-electron chi connectivity index (χ1n) is 7.83. The fourth-order valence-electron chi connectivity index (χ4n) is 2.29. The SMILES string of the molecule is O=C(Nc1ccc(OC(F)F)c(Cl)c1)c1ccccc1SCc1cccs1. The van der Waals surface area contributed by atoms with Crippen molar-refractivity contribution in [2.75, 3.05) is 5.32 Å². The largest absolute Gasteiger partial charge is 0.433 e. The Morgan fingerprint density at radius 2 is 2.00 bits per heavy atom. The van der Waals surface area contributed by atoms with E-state index in [1.165, 1.54) is 23.1 Å². The molecule has 3 aromatic rings. The molecule has 0 bridgehead atoms. The van der Waals surface area contributed by atoms with Crippen LogP contribution in [0.1, 0.15) is 15.2 Å². The highest BCUT2D eigenvalue weighted by Crippen LogP contribution is 2.31. The summed E-state index contributed by atoms with van der Waals surface area (Å²) in [6, 6.07) is 15.5. The van der Waals surface area contributed by atoms with Crippen molar-refractivity contribution in [3.05, 3.63) is 75.4 Å². The van der Waals surface area contributed by atoms with E-state index in [2.05, 4.69) is 10.1 Å². The Balaban J connectivity index is 1.71. The molecule has 140 valence electrons. The first-order valence-corrected chi connectivity index (χ1v) is 10.1. The number of carbonyl (C=O) groups is 1. The summed E-state index contributed by atoms with van der Waals surface area (Å²) in [4.78, 5) is 14.7. The van der Waals surface area contributed by atoms with E-state index in [1.807, 2.05) is 29.6 Å². The second-order valence-corrected chi connectivity index (χ2v) is 7.80. The summed E-state index contributed by atoms with van der Waals surface area (Å²) in [5, 5.41) is 4.74. The van der Waals surface area contributed by atoms with Crippen LogP contribution in [-0.4, -0.2) is 12.5 Å². The normalized spacial score (nSPS) is 10.8. The van der Waals surface area contributed by atoms with Crippen molar-refractivity contribution in [1.82, 2.24) is 0 Å². The van der Waals surface area contributed by atoms with Gasteiger partial charge in [-0.2, -0.15) is 8.78 Å². The Bertz CT molecular complexity index is 920. The van der Waals surface area contributed by atoms with E-state index in [9.17, 15) is 13.6 Å². The van der Waals surface area contributed by atoms with Crippen LogP contribution in [0.5, 0.6) is 5.75 Å². The molecule has 0 aliphatic carbocycles. The first-order chi connectivity index (χ1) is 13.0. The number of carbonyl (C=O) groups excluding carboxylic acids is 1. The van der Waals surface area contributed by atoms with Crippen LogP contribution in [0.4, 0.5) is 14.5 Å². The van der Waals surface area contributed by atoms with Crippen LogP contribution in [-0.2, 0) is 5.75 Å². The monoisotopic (exact) mass is 425 g/mol. The molecule has 0 saturated heterocycles. The summed E-state index contributed by atoms with van der Waals surface area (Å²) >= 11 is 9.17. The lowest BCUT2D eigenvalue weighted by Gasteiger charge is -2.11. The highest BCUT2D eigenvalue weighted by molar-refractivity contribution is 7.98. The molecule has 1 heterocycles. The predicted octanol–water partition coefficient (Wildman–Crippen LogP) is 6.55. The minimum Gasteiger partial charge on any atom is -0.433 e. The zero-order valence-corrected chi connectivity index (χ0v) is 16.2. The predicted molar refractivity (Wildman–Crippen MR) is 106 cm³/mol. The lowest BCUT2D eigenvalue weighted by molar-refractivity contribution is -0.0497. The summed E-state index contributed by atoms with van der Waals surface area (Å²) in [6.07, 6.45) is 0. The fraction of sp³-hybridized carbons (Fsp3) is 0.105. The van der Waals surface area contributed by atoms with Crippen LogP contribution in [0.2, 0.25) is 5.02 Å². The number of amides is 1. The zero-order chi connectivity index (χ0) is 19.2. The van der Waals surface area contributed by atoms with Crippen molar-refractivity contribution < 1.29 is 18.3 Å². The number of rotatable bonds is 7. The minimum atomic E-state index is -2.96. The van der Waals surface area contributed by atoms with Crippen LogP contribution in [0.15, 0.2) is 64.9 Å². The number of alkyl halides is 2. The van der Waals surface area contributed by atoms with Crippen LogP contribution in [0.3, 0.4) is 0 Å². The Kier molecular flexibility index (Phi) is 6.71. The number of nitrogens with one attached hydrogen (secondary N) is 1. The molecule has 0 aliphatic heterocycles. The number of halogens is 3. The third kappa shape index (κ3) is 5.45. The quantitative estimate of drug-likeness (QED) is 0.436. The lowest BCUT2D eigenvalue weighted by atomic mass is 10.2. The Morgan fingerprint density at radius 1 is 1.19 bits per heavy atom. The molecular weight excluding hydrogens is 412 g/mol. The van der Waals surface area contributed by atoms with Crippen LogP contribution >= 0.6 is 34.7 Å². The van der Waals surface area contributed by atoms with E-state index < -0.39 is 6.61 Å². The first kappa shape index (κ1) is 19.7. The Labute approximate surface area is 168 Å². The van der Waals surface area contributed by atoms with Crippen molar-refractivity contribution >= 4 is 46.3 Å². The second-order valence-electron chi connectivity index (χ2n) is 5.34. The van der Waals surface area contributed by atoms with Crippen LogP contribution in [0, 0.1) is 0 Å². The van der Waals surface area contributed by atoms with E-state index in [0.717, 1.165) is 10.6 Å². The molecule has 27 heavy (non-hydrogen) atoms. The molecule has 8 heteroatoms. The summed E-state index contributed by atoms with van der Waals surface area (Å²) < 4.78 is 28.9. The lowest BCUT2D eigenvalue weighted by Crippen LogP contribution is -2.13.